The molecule has 2 amide bonds. The van der Waals surface area contributed by atoms with Crippen LogP contribution in [-0.2, 0) is 27.3 Å². The second-order valence-electron chi connectivity index (χ2n) is 12.2. The summed E-state index contributed by atoms with van der Waals surface area (Å²) in [5, 5.41) is 5.51. The molecule has 1 saturated heterocycles. The van der Waals surface area contributed by atoms with Crippen LogP contribution in [0.3, 0.4) is 0 Å². The van der Waals surface area contributed by atoms with E-state index in [1.54, 1.807) is 14.5 Å². The number of ketones is 2. The zero-order valence-electron chi connectivity index (χ0n) is 23.2. The van der Waals surface area contributed by atoms with Crippen LogP contribution in [0.5, 0.6) is 0 Å². The third-order valence-electron chi connectivity index (χ3n) is 9.28. The molecule has 3 fully saturated rings. The smallest absolute Gasteiger partial charge is 0.245 e. The Kier molecular flexibility index (Phi) is 6.47. The molecule has 6 rings (SSSR count). The van der Waals surface area contributed by atoms with Crippen molar-refractivity contribution >= 4 is 34.3 Å². The van der Waals surface area contributed by atoms with Crippen LogP contribution in [0.2, 0.25) is 0 Å². The lowest BCUT2D eigenvalue weighted by atomic mass is 9.95. The quantitative estimate of drug-likeness (QED) is 0.437. The van der Waals surface area contributed by atoms with Crippen molar-refractivity contribution in [1.82, 2.24) is 19.6 Å². The average Bonchev–Trinajstić information content (AvgIpc) is 3.81. The molecule has 8 heteroatoms. The van der Waals surface area contributed by atoms with E-state index in [-0.39, 0.29) is 41.4 Å². The zero-order chi connectivity index (χ0) is 27.5. The van der Waals surface area contributed by atoms with Crippen LogP contribution in [0, 0.1) is 5.41 Å². The molecule has 0 unspecified atom stereocenters. The predicted octanol–water partition coefficient (Wildman–Crippen LogP) is 4.20. The minimum Gasteiger partial charge on any atom is -0.345 e. The Balaban J connectivity index is 1.44. The Bertz CT molecular complexity index is 1400. The number of piperidine rings is 1. The van der Waals surface area contributed by atoms with Crippen molar-refractivity contribution in [2.24, 2.45) is 5.41 Å². The number of Topliss-reactive ketones (excluding diaryl/α,β-unsaturated/α-hetero) is 2. The van der Waals surface area contributed by atoms with Gasteiger partial charge in [0.2, 0.25) is 11.8 Å². The van der Waals surface area contributed by atoms with E-state index in [1.807, 2.05) is 14.0 Å². The van der Waals surface area contributed by atoms with Crippen molar-refractivity contribution in [2.75, 3.05) is 13.6 Å². The first-order valence-electron chi connectivity index (χ1n) is 14.5. The van der Waals surface area contributed by atoms with Crippen LogP contribution < -0.4 is 0 Å². The SMILES string of the molecule is CCC(=O)[C@@H]1C[C@@]23C[C@H]2N1C(=O)Cn1nc(C(C)=O)c2cc(C4CC4)cc(c21)C/C=C/CCCC(=O)N(C)C3. The Morgan fingerprint density at radius 2 is 1.90 bits per heavy atom. The second kappa shape index (κ2) is 9.72. The van der Waals surface area contributed by atoms with E-state index in [2.05, 4.69) is 24.3 Å². The number of hydrogen-bond acceptors (Lipinski definition) is 5. The third-order valence-corrected chi connectivity index (χ3v) is 9.28. The van der Waals surface area contributed by atoms with Crippen LogP contribution in [0.1, 0.15) is 92.7 Å². The van der Waals surface area contributed by atoms with E-state index in [4.69, 9.17) is 5.10 Å². The Morgan fingerprint density at radius 3 is 2.62 bits per heavy atom. The van der Waals surface area contributed by atoms with Crippen molar-refractivity contribution in [3.8, 4) is 0 Å². The summed E-state index contributed by atoms with van der Waals surface area (Å²) in [5.41, 5.74) is 3.31. The molecule has 2 saturated carbocycles. The number of aromatic nitrogens is 2. The van der Waals surface area contributed by atoms with E-state index < -0.39 is 6.04 Å². The molecule has 0 spiro atoms. The van der Waals surface area contributed by atoms with Gasteiger partial charge in [-0.25, -0.2) is 0 Å². The summed E-state index contributed by atoms with van der Waals surface area (Å²) in [6, 6.07) is 3.80. The average molecular weight is 531 g/mol. The highest BCUT2D eigenvalue weighted by Gasteiger charge is 2.67. The van der Waals surface area contributed by atoms with Crippen LogP contribution in [0.15, 0.2) is 24.3 Å². The van der Waals surface area contributed by atoms with Crippen molar-refractivity contribution in [2.45, 2.75) is 96.2 Å². The molecule has 206 valence electrons. The van der Waals surface area contributed by atoms with E-state index >= 15 is 0 Å². The highest BCUT2D eigenvalue weighted by atomic mass is 16.2. The fraction of sp³-hybridized carbons (Fsp3) is 0.581. The lowest BCUT2D eigenvalue weighted by Gasteiger charge is -2.26. The maximum Gasteiger partial charge on any atom is 0.245 e. The number of carbonyl (C=O) groups is 4. The minimum atomic E-state index is -0.471. The monoisotopic (exact) mass is 530 g/mol. The molecule has 2 aliphatic carbocycles. The van der Waals surface area contributed by atoms with Gasteiger partial charge in [0.25, 0.3) is 0 Å². The van der Waals surface area contributed by atoms with Gasteiger partial charge in [0.15, 0.2) is 11.6 Å². The van der Waals surface area contributed by atoms with Gasteiger partial charge in [0.1, 0.15) is 12.2 Å². The molecule has 4 aliphatic rings. The van der Waals surface area contributed by atoms with Crippen molar-refractivity contribution in [3.05, 3.63) is 41.1 Å². The molecule has 2 bridgehead atoms. The molecule has 8 nitrogen and oxygen atoms in total. The summed E-state index contributed by atoms with van der Waals surface area (Å²) in [4.78, 5) is 56.2. The maximum atomic E-state index is 14.0. The largest absolute Gasteiger partial charge is 0.345 e. The van der Waals surface area contributed by atoms with Gasteiger partial charge in [-0.1, -0.05) is 25.1 Å². The fourth-order valence-electron chi connectivity index (χ4n) is 7.00. The molecule has 0 radical (unpaired) electrons. The number of nitrogens with zero attached hydrogens (tertiary/aromatic N) is 4. The lowest BCUT2D eigenvalue weighted by Crippen LogP contribution is -2.44. The Hall–Kier alpha value is -3.29. The molecule has 0 N–H and O–H groups in total. The Labute approximate surface area is 229 Å². The summed E-state index contributed by atoms with van der Waals surface area (Å²) in [5.74, 6) is 0.438. The zero-order valence-corrected chi connectivity index (χ0v) is 23.2. The van der Waals surface area contributed by atoms with Crippen LogP contribution in [0.25, 0.3) is 10.9 Å². The molecule has 1 aromatic carbocycles. The molecular weight excluding hydrogens is 492 g/mol. The number of carbonyl (C=O) groups excluding carboxylic acids is 4. The summed E-state index contributed by atoms with van der Waals surface area (Å²) in [7, 11) is 1.84. The van der Waals surface area contributed by atoms with Gasteiger partial charge in [-0.2, -0.15) is 5.10 Å². The van der Waals surface area contributed by atoms with Crippen LogP contribution >= 0.6 is 0 Å². The Morgan fingerprint density at radius 1 is 1.10 bits per heavy atom. The molecule has 2 aromatic rings. The normalized spacial score (nSPS) is 28.4. The van der Waals surface area contributed by atoms with Gasteiger partial charge < -0.3 is 9.80 Å². The number of amides is 2. The van der Waals surface area contributed by atoms with Gasteiger partial charge in [-0.15, -0.1) is 0 Å². The first-order valence-corrected chi connectivity index (χ1v) is 14.5. The minimum absolute atomic E-state index is 0.0158. The van der Waals surface area contributed by atoms with E-state index in [0.29, 0.717) is 43.8 Å². The first-order chi connectivity index (χ1) is 18.7. The van der Waals surface area contributed by atoms with Gasteiger partial charge in [0, 0.05) is 50.2 Å². The predicted molar refractivity (Wildman–Crippen MR) is 147 cm³/mol. The van der Waals surface area contributed by atoms with Crippen LogP contribution in [-0.4, -0.2) is 68.6 Å². The molecule has 39 heavy (non-hydrogen) atoms. The van der Waals surface area contributed by atoms with Crippen molar-refractivity contribution in [1.29, 1.82) is 0 Å². The van der Waals surface area contributed by atoms with Gasteiger partial charge in [0.05, 0.1) is 11.6 Å². The van der Waals surface area contributed by atoms with Gasteiger partial charge in [-0.05, 0) is 68.1 Å². The third kappa shape index (κ3) is 4.61. The van der Waals surface area contributed by atoms with E-state index in [9.17, 15) is 19.2 Å². The first kappa shape index (κ1) is 26.0. The molecule has 2 aliphatic heterocycles. The fourth-order valence-corrected chi connectivity index (χ4v) is 7.00. The van der Waals surface area contributed by atoms with Gasteiger partial charge >= 0.3 is 0 Å². The molecular formula is C31H38N4O4. The highest BCUT2D eigenvalue weighted by Crippen LogP contribution is 2.60. The summed E-state index contributed by atoms with van der Waals surface area (Å²) >= 11 is 0. The van der Waals surface area contributed by atoms with Crippen molar-refractivity contribution < 1.29 is 19.2 Å². The molecule has 1 aromatic heterocycles. The van der Waals surface area contributed by atoms with Crippen molar-refractivity contribution in [3.63, 3.8) is 0 Å². The number of hydrogen-bond donors (Lipinski definition) is 0. The highest BCUT2D eigenvalue weighted by molar-refractivity contribution is 6.06. The summed E-state index contributed by atoms with van der Waals surface area (Å²) < 4.78 is 1.71. The molecule has 3 heterocycles. The maximum absolute atomic E-state index is 14.0. The van der Waals surface area contributed by atoms with Crippen LogP contribution in [0.4, 0.5) is 0 Å². The van der Waals surface area contributed by atoms with E-state index in [1.165, 1.54) is 12.5 Å². The standard InChI is InChI=1S/C31H38N4O4/c1-4-25(37)24-15-31-16-26(31)35(24)28(39)17-34-30-21(9-7-5-6-8-10-27(38)33(3)18-31)13-22(20-11-12-20)14-23(30)29(32-34)19(2)36/h5,7,13-14,20,24,26H,4,6,8-12,15-18H2,1-3H3/b7-5+/t24-,26+,31-/m0/s1. The second-order valence-corrected chi connectivity index (χ2v) is 12.2. The summed E-state index contributed by atoms with van der Waals surface area (Å²) in [6.45, 7) is 3.92. The number of rotatable bonds is 4. The molecule has 3 atom stereocenters. The lowest BCUT2D eigenvalue weighted by molar-refractivity contribution is -0.139. The summed E-state index contributed by atoms with van der Waals surface area (Å²) in [6.07, 6.45) is 11.1. The number of allylic oxidation sites excluding steroid dienone is 2. The van der Waals surface area contributed by atoms with E-state index in [0.717, 1.165) is 48.6 Å². The number of benzene rings is 1. The van der Waals surface area contributed by atoms with Gasteiger partial charge in [-0.3, -0.25) is 23.9 Å². The topological polar surface area (TPSA) is 92.6 Å².